The topological polar surface area (TPSA) is 95.5 Å². The fourth-order valence-electron chi connectivity index (χ4n) is 1.95. The number of carbonyl (C=O) groups is 3. The Balaban J connectivity index is 2.29. The second-order valence-electron chi connectivity index (χ2n) is 4.80. The number of nitrogens with one attached hydrogen (secondary N) is 2. The molecule has 0 aliphatic rings. The van der Waals surface area contributed by atoms with E-state index in [4.69, 9.17) is 5.11 Å². The van der Waals surface area contributed by atoms with Crippen molar-refractivity contribution in [2.24, 2.45) is 0 Å². The lowest BCUT2D eigenvalue weighted by Gasteiger charge is -2.13. The fourth-order valence-corrected chi connectivity index (χ4v) is 1.95. The first-order valence-corrected chi connectivity index (χ1v) is 6.81. The zero-order valence-electron chi connectivity index (χ0n) is 12.4. The average Bonchev–Trinajstić information content (AvgIpc) is 2.54. The van der Waals surface area contributed by atoms with Crippen molar-refractivity contribution in [1.29, 1.82) is 0 Å². The Bertz CT molecular complexity index is 834. The maximum atomic E-state index is 12.4. The maximum Gasteiger partial charge on any atom is 0.471 e. The second-order valence-corrected chi connectivity index (χ2v) is 4.80. The summed E-state index contributed by atoms with van der Waals surface area (Å²) >= 11 is 0. The average molecular weight is 352 g/mol. The number of halogens is 3. The standard InChI is InChI=1S/C16H11F3N2O4/c17-16(18,19)15(25)21-11-7-3-1-5-9(11)13(22)20-12-8-4-2-6-10(12)14(23)24/h1-8H,(H,20,22)(H,21,25)(H,23,24). The van der Waals surface area contributed by atoms with Crippen LogP contribution in [0.25, 0.3) is 0 Å². The summed E-state index contributed by atoms with van der Waals surface area (Å²) in [6.07, 6.45) is -5.11. The zero-order valence-corrected chi connectivity index (χ0v) is 12.4. The van der Waals surface area contributed by atoms with E-state index >= 15 is 0 Å². The van der Waals surface area contributed by atoms with Crippen LogP contribution in [0.2, 0.25) is 0 Å². The molecule has 0 bridgehead atoms. The van der Waals surface area contributed by atoms with Crippen LogP contribution >= 0.6 is 0 Å². The van der Waals surface area contributed by atoms with Crippen molar-refractivity contribution in [1.82, 2.24) is 0 Å². The maximum absolute atomic E-state index is 12.4. The summed E-state index contributed by atoms with van der Waals surface area (Å²) in [6.45, 7) is 0. The third kappa shape index (κ3) is 4.34. The van der Waals surface area contributed by atoms with E-state index in [0.29, 0.717) is 0 Å². The number of para-hydroxylation sites is 2. The lowest BCUT2D eigenvalue weighted by Crippen LogP contribution is -2.31. The van der Waals surface area contributed by atoms with E-state index in [9.17, 15) is 27.6 Å². The van der Waals surface area contributed by atoms with Gasteiger partial charge in [-0.3, -0.25) is 9.59 Å². The number of aromatic carboxylic acids is 1. The van der Waals surface area contributed by atoms with E-state index in [1.807, 2.05) is 0 Å². The molecule has 2 aromatic rings. The molecule has 9 heteroatoms. The third-order valence-corrected chi connectivity index (χ3v) is 3.08. The summed E-state index contributed by atoms with van der Waals surface area (Å²) in [5.74, 6) is -4.37. The minimum absolute atomic E-state index is 0.0306. The molecule has 130 valence electrons. The van der Waals surface area contributed by atoms with Gasteiger partial charge in [0.05, 0.1) is 22.5 Å². The number of hydrogen-bond donors (Lipinski definition) is 3. The van der Waals surface area contributed by atoms with E-state index in [0.717, 1.165) is 6.07 Å². The van der Waals surface area contributed by atoms with Gasteiger partial charge in [0.25, 0.3) is 5.91 Å². The predicted octanol–water partition coefficient (Wildman–Crippen LogP) is 3.14. The molecule has 0 aromatic heterocycles. The number of anilines is 2. The van der Waals surface area contributed by atoms with Gasteiger partial charge in [-0.2, -0.15) is 13.2 Å². The Labute approximate surface area is 139 Å². The highest BCUT2D eigenvalue weighted by atomic mass is 19.4. The number of benzene rings is 2. The first-order chi connectivity index (χ1) is 11.7. The monoisotopic (exact) mass is 352 g/mol. The van der Waals surface area contributed by atoms with Gasteiger partial charge in [-0.1, -0.05) is 24.3 Å². The van der Waals surface area contributed by atoms with Gasteiger partial charge in [-0.25, -0.2) is 4.79 Å². The summed E-state index contributed by atoms with van der Waals surface area (Å²) in [5.41, 5.74) is -0.819. The molecule has 0 saturated heterocycles. The molecule has 0 heterocycles. The molecule has 0 spiro atoms. The van der Waals surface area contributed by atoms with E-state index in [2.05, 4.69) is 5.32 Å². The molecule has 0 aliphatic heterocycles. The minimum atomic E-state index is -5.11. The van der Waals surface area contributed by atoms with Gasteiger partial charge < -0.3 is 15.7 Å². The van der Waals surface area contributed by atoms with Crippen LogP contribution in [0.4, 0.5) is 24.5 Å². The summed E-state index contributed by atoms with van der Waals surface area (Å²) in [5, 5.41) is 13.0. The molecule has 2 amide bonds. The Morgan fingerprint density at radius 2 is 1.28 bits per heavy atom. The lowest BCUT2D eigenvalue weighted by atomic mass is 10.1. The molecule has 2 rings (SSSR count). The number of carboxylic acids is 1. The van der Waals surface area contributed by atoms with Gasteiger partial charge in [0.2, 0.25) is 0 Å². The van der Waals surface area contributed by atoms with Crippen LogP contribution in [0.1, 0.15) is 20.7 Å². The van der Waals surface area contributed by atoms with Crippen molar-refractivity contribution in [3.63, 3.8) is 0 Å². The van der Waals surface area contributed by atoms with Gasteiger partial charge in [0.15, 0.2) is 0 Å². The predicted molar refractivity (Wildman–Crippen MR) is 82.5 cm³/mol. The molecule has 3 N–H and O–H groups in total. The van der Waals surface area contributed by atoms with Crippen LogP contribution < -0.4 is 10.6 Å². The largest absolute Gasteiger partial charge is 0.478 e. The van der Waals surface area contributed by atoms with Crippen molar-refractivity contribution in [3.8, 4) is 0 Å². The van der Waals surface area contributed by atoms with Gasteiger partial charge in [-0.15, -0.1) is 0 Å². The van der Waals surface area contributed by atoms with Crippen LogP contribution in [0, 0.1) is 0 Å². The molecule has 0 aliphatic carbocycles. The molecule has 2 aromatic carbocycles. The highest BCUT2D eigenvalue weighted by Crippen LogP contribution is 2.23. The summed E-state index contributed by atoms with van der Waals surface area (Å²) in [7, 11) is 0. The summed E-state index contributed by atoms with van der Waals surface area (Å²) < 4.78 is 37.1. The molecular formula is C16H11F3N2O4. The number of carboxylic acid groups (broad SMARTS) is 1. The zero-order chi connectivity index (χ0) is 18.6. The van der Waals surface area contributed by atoms with Crippen LogP contribution in [-0.2, 0) is 4.79 Å². The van der Waals surface area contributed by atoms with Gasteiger partial charge >= 0.3 is 18.1 Å². The van der Waals surface area contributed by atoms with Gasteiger partial charge in [-0.05, 0) is 24.3 Å². The minimum Gasteiger partial charge on any atom is -0.478 e. The molecule has 0 saturated carbocycles. The normalized spacial score (nSPS) is 10.8. The van der Waals surface area contributed by atoms with Crippen LogP contribution in [0.3, 0.4) is 0 Å². The first kappa shape index (κ1) is 18.0. The van der Waals surface area contributed by atoms with Crippen LogP contribution in [0.5, 0.6) is 0 Å². The number of alkyl halides is 3. The Morgan fingerprint density at radius 3 is 1.80 bits per heavy atom. The van der Waals surface area contributed by atoms with E-state index in [-0.39, 0.29) is 22.5 Å². The van der Waals surface area contributed by atoms with Crippen LogP contribution in [-0.4, -0.2) is 29.1 Å². The highest BCUT2D eigenvalue weighted by Gasteiger charge is 2.39. The summed E-state index contributed by atoms with van der Waals surface area (Å²) in [6, 6.07) is 10.6. The van der Waals surface area contributed by atoms with Crippen molar-refractivity contribution >= 4 is 29.2 Å². The van der Waals surface area contributed by atoms with E-state index < -0.39 is 24.0 Å². The number of hydrogen-bond acceptors (Lipinski definition) is 3. The van der Waals surface area contributed by atoms with E-state index in [1.165, 1.54) is 42.5 Å². The molecule has 0 unspecified atom stereocenters. The lowest BCUT2D eigenvalue weighted by molar-refractivity contribution is -0.167. The van der Waals surface area contributed by atoms with Crippen LogP contribution in [0.15, 0.2) is 48.5 Å². The Kier molecular flexibility index (Phi) is 5.06. The molecule has 0 atom stereocenters. The number of carbonyl (C=O) groups excluding carboxylic acids is 2. The van der Waals surface area contributed by atoms with E-state index in [1.54, 1.807) is 5.32 Å². The summed E-state index contributed by atoms with van der Waals surface area (Å²) in [4.78, 5) is 34.5. The smallest absolute Gasteiger partial charge is 0.471 e. The highest BCUT2D eigenvalue weighted by molar-refractivity contribution is 6.12. The number of amides is 2. The molecule has 0 fully saturated rings. The molecule has 25 heavy (non-hydrogen) atoms. The van der Waals surface area contributed by atoms with Crippen molar-refractivity contribution in [2.75, 3.05) is 10.6 Å². The van der Waals surface area contributed by atoms with Crippen molar-refractivity contribution < 1.29 is 32.7 Å². The Morgan fingerprint density at radius 1 is 0.800 bits per heavy atom. The van der Waals surface area contributed by atoms with Gasteiger partial charge in [0.1, 0.15) is 0 Å². The quantitative estimate of drug-likeness (QED) is 0.788. The first-order valence-electron chi connectivity index (χ1n) is 6.81. The molecular weight excluding hydrogens is 341 g/mol. The molecule has 0 radical (unpaired) electrons. The SMILES string of the molecule is O=C(O)c1ccccc1NC(=O)c1ccccc1NC(=O)C(F)(F)F. The molecule has 6 nitrogen and oxygen atoms in total. The number of rotatable bonds is 4. The second kappa shape index (κ2) is 7.04. The third-order valence-electron chi connectivity index (χ3n) is 3.08. The van der Waals surface area contributed by atoms with Gasteiger partial charge in [0, 0.05) is 0 Å². The van der Waals surface area contributed by atoms with Crippen molar-refractivity contribution in [2.45, 2.75) is 6.18 Å². The van der Waals surface area contributed by atoms with Crippen molar-refractivity contribution in [3.05, 3.63) is 59.7 Å². The fraction of sp³-hybridized carbons (Fsp3) is 0.0625. The Hall–Kier alpha value is -3.36.